The smallest absolute Gasteiger partial charge is 0.0994 e. The zero-order valence-corrected chi connectivity index (χ0v) is 20.9. The first-order valence-corrected chi connectivity index (χ1v) is 12.8. The molecule has 0 radical (unpaired) electrons. The van der Waals surface area contributed by atoms with Crippen molar-refractivity contribution in [2.45, 2.75) is 71.8 Å². The van der Waals surface area contributed by atoms with Crippen LogP contribution in [0.4, 0.5) is 0 Å². The summed E-state index contributed by atoms with van der Waals surface area (Å²) < 4.78 is 2.44. The van der Waals surface area contributed by atoms with Gasteiger partial charge in [-0.3, -0.25) is 0 Å². The molecule has 0 saturated heterocycles. The molecule has 0 spiro atoms. The highest BCUT2D eigenvalue weighted by Crippen LogP contribution is 2.30. The van der Waals surface area contributed by atoms with E-state index in [1.165, 1.54) is 65.0 Å². The third-order valence-electron chi connectivity index (χ3n) is 6.49. The fraction of sp³-hybridized carbons (Fsp3) is 0.344. The number of hydrogen-bond donors (Lipinski definition) is 0. The van der Waals surface area contributed by atoms with Crippen molar-refractivity contribution in [2.24, 2.45) is 0 Å². The van der Waals surface area contributed by atoms with E-state index in [0.29, 0.717) is 0 Å². The highest BCUT2D eigenvalue weighted by atomic mass is 15.0. The molecule has 2 nitrogen and oxygen atoms in total. The van der Waals surface area contributed by atoms with Gasteiger partial charge in [0.1, 0.15) is 0 Å². The lowest BCUT2D eigenvalue weighted by molar-refractivity contribution is 0.613. The zero-order chi connectivity index (χ0) is 24.2. The number of unbranched alkanes of at least 4 members (excludes halogenated alkanes) is 4. The van der Waals surface area contributed by atoms with Crippen LogP contribution in [0.3, 0.4) is 0 Å². The summed E-state index contributed by atoms with van der Waals surface area (Å²) in [7, 11) is 0. The van der Waals surface area contributed by atoms with Gasteiger partial charge in [-0.15, -0.1) is 6.58 Å². The van der Waals surface area contributed by atoms with E-state index in [2.05, 4.69) is 79.6 Å². The summed E-state index contributed by atoms with van der Waals surface area (Å²) in [5.41, 5.74) is 6.18. The Labute approximate surface area is 205 Å². The summed E-state index contributed by atoms with van der Waals surface area (Å²) in [6, 6.07) is 26.0. The Morgan fingerprint density at radius 3 is 2.18 bits per heavy atom. The van der Waals surface area contributed by atoms with Gasteiger partial charge < -0.3 is 4.57 Å². The minimum atomic E-state index is 0.831. The summed E-state index contributed by atoms with van der Waals surface area (Å²) in [6.45, 7) is 8.77. The molecule has 4 aromatic rings. The number of nitriles is 1. The topological polar surface area (TPSA) is 28.7 Å². The van der Waals surface area contributed by atoms with E-state index in [1.54, 1.807) is 0 Å². The van der Waals surface area contributed by atoms with Crippen LogP contribution in [0.2, 0.25) is 0 Å². The molecule has 176 valence electrons. The maximum atomic E-state index is 9.19. The van der Waals surface area contributed by atoms with Gasteiger partial charge in [0, 0.05) is 28.4 Å². The van der Waals surface area contributed by atoms with Gasteiger partial charge in [0.2, 0.25) is 0 Å². The first-order valence-electron chi connectivity index (χ1n) is 12.8. The number of para-hydroxylation sites is 1. The van der Waals surface area contributed by atoms with E-state index in [4.69, 9.17) is 0 Å². The third-order valence-corrected chi connectivity index (χ3v) is 6.49. The second-order valence-electron chi connectivity index (χ2n) is 8.85. The number of aryl methyl sites for hydroxylation is 3. The van der Waals surface area contributed by atoms with E-state index in [9.17, 15) is 5.26 Å². The molecular formula is C32H38N2. The fourth-order valence-electron chi connectivity index (χ4n) is 4.61. The number of hydrogen-bond acceptors (Lipinski definition) is 1. The SMILES string of the molecule is C=CCC.CCn1c2ccccc2c2ccc(CCCCCCCc3ccccc3C#N)cc21. The minimum Gasteiger partial charge on any atom is -0.341 e. The number of rotatable bonds is 10. The van der Waals surface area contributed by atoms with Crippen molar-refractivity contribution in [3.05, 3.63) is 96.1 Å². The lowest BCUT2D eigenvalue weighted by atomic mass is 10.00. The first-order chi connectivity index (χ1) is 16.7. The highest BCUT2D eigenvalue weighted by Gasteiger charge is 2.09. The normalized spacial score (nSPS) is 10.6. The molecule has 0 unspecified atom stereocenters. The molecule has 0 aliphatic carbocycles. The van der Waals surface area contributed by atoms with E-state index in [-0.39, 0.29) is 0 Å². The Morgan fingerprint density at radius 2 is 1.44 bits per heavy atom. The summed E-state index contributed by atoms with van der Waals surface area (Å²) >= 11 is 0. The van der Waals surface area contributed by atoms with Crippen molar-refractivity contribution in [1.82, 2.24) is 4.57 Å². The van der Waals surface area contributed by atoms with Crippen molar-refractivity contribution in [3.8, 4) is 6.07 Å². The number of aromatic nitrogens is 1. The molecule has 3 aromatic carbocycles. The molecule has 1 heterocycles. The van der Waals surface area contributed by atoms with Gasteiger partial charge in [-0.25, -0.2) is 0 Å². The molecule has 2 heteroatoms. The second-order valence-corrected chi connectivity index (χ2v) is 8.85. The van der Waals surface area contributed by atoms with Crippen LogP contribution in [-0.2, 0) is 19.4 Å². The van der Waals surface area contributed by atoms with E-state index in [1.807, 2.05) is 24.3 Å². The average Bonchev–Trinajstić information content (AvgIpc) is 3.21. The molecule has 4 rings (SSSR count). The van der Waals surface area contributed by atoms with E-state index in [0.717, 1.165) is 31.4 Å². The number of benzene rings is 3. The van der Waals surface area contributed by atoms with Gasteiger partial charge in [-0.2, -0.15) is 5.26 Å². The van der Waals surface area contributed by atoms with Crippen molar-refractivity contribution < 1.29 is 0 Å². The molecule has 0 aliphatic heterocycles. The van der Waals surface area contributed by atoms with Gasteiger partial charge in [-0.05, 0) is 68.4 Å². The second kappa shape index (κ2) is 13.4. The lowest BCUT2D eigenvalue weighted by Crippen LogP contribution is -1.94. The van der Waals surface area contributed by atoms with Crippen LogP contribution in [0.5, 0.6) is 0 Å². The molecule has 0 bridgehead atoms. The Bertz CT molecular complexity index is 1240. The Morgan fingerprint density at radius 1 is 0.794 bits per heavy atom. The van der Waals surface area contributed by atoms with Gasteiger partial charge >= 0.3 is 0 Å². The molecule has 34 heavy (non-hydrogen) atoms. The largest absolute Gasteiger partial charge is 0.341 e. The monoisotopic (exact) mass is 450 g/mol. The molecule has 1 aromatic heterocycles. The molecular weight excluding hydrogens is 412 g/mol. The summed E-state index contributed by atoms with van der Waals surface area (Å²) in [4.78, 5) is 0. The molecule has 0 amide bonds. The maximum Gasteiger partial charge on any atom is 0.0994 e. The van der Waals surface area contributed by atoms with Crippen molar-refractivity contribution in [3.63, 3.8) is 0 Å². The maximum absolute atomic E-state index is 9.19. The van der Waals surface area contributed by atoms with Crippen LogP contribution in [0.25, 0.3) is 21.8 Å². The summed E-state index contributed by atoms with van der Waals surface area (Å²) in [5.74, 6) is 0. The Balaban J connectivity index is 0.000000751. The van der Waals surface area contributed by atoms with Crippen LogP contribution < -0.4 is 0 Å². The standard InChI is InChI=1S/C28H30N2.C4H8/c1-2-30-27-17-11-10-16-25(27)26-19-18-22(20-28(26)30)12-6-4-3-5-7-13-23-14-8-9-15-24(23)21-29;1-3-4-2/h8-11,14-20H,2-7,12-13H2,1H3;3H,1,4H2,2H3. The molecule has 0 fully saturated rings. The zero-order valence-electron chi connectivity index (χ0n) is 20.9. The van der Waals surface area contributed by atoms with Crippen LogP contribution in [0, 0.1) is 11.3 Å². The predicted molar refractivity (Wildman–Crippen MR) is 147 cm³/mol. The van der Waals surface area contributed by atoms with Gasteiger partial charge in [0.05, 0.1) is 11.6 Å². The summed E-state index contributed by atoms with van der Waals surface area (Å²) in [5, 5.41) is 11.9. The molecule has 0 aliphatic rings. The number of nitrogens with zero attached hydrogens (tertiary/aromatic N) is 2. The van der Waals surface area contributed by atoms with Crippen LogP contribution in [-0.4, -0.2) is 4.57 Å². The number of fused-ring (bicyclic) bond motifs is 3. The van der Waals surface area contributed by atoms with Gasteiger partial charge in [0.25, 0.3) is 0 Å². The fourth-order valence-corrected chi connectivity index (χ4v) is 4.61. The van der Waals surface area contributed by atoms with Crippen LogP contribution in [0.1, 0.15) is 69.1 Å². The first kappa shape index (κ1) is 25.3. The number of allylic oxidation sites excluding steroid dienone is 1. The Hall–Kier alpha value is -3.31. The van der Waals surface area contributed by atoms with Crippen LogP contribution in [0.15, 0.2) is 79.4 Å². The molecule has 0 saturated carbocycles. The molecule has 0 N–H and O–H groups in total. The Kier molecular flexibility index (Phi) is 9.98. The average molecular weight is 451 g/mol. The van der Waals surface area contributed by atoms with E-state index >= 15 is 0 Å². The molecule has 0 atom stereocenters. The van der Waals surface area contributed by atoms with Crippen molar-refractivity contribution in [2.75, 3.05) is 0 Å². The van der Waals surface area contributed by atoms with Gasteiger partial charge in [-0.1, -0.05) is 80.8 Å². The lowest BCUT2D eigenvalue weighted by Gasteiger charge is -2.06. The summed E-state index contributed by atoms with van der Waals surface area (Å²) in [6.07, 6.45) is 11.3. The predicted octanol–water partition coefficient (Wildman–Crippen LogP) is 9.00. The van der Waals surface area contributed by atoms with Crippen LogP contribution >= 0.6 is 0 Å². The van der Waals surface area contributed by atoms with E-state index < -0.39 is 0 Å². The van der Waals surface area contributed by atoms with Crippen molar-refractivity contribution >= 4 is 21.8 Å². The van der Waals surface area contributed by atoms with Crippen molar-refractivity contribution in [1.29, 1.82) is 5.26 Å². The minimum absolute atomic E-state index is 0.831. The quantitative estimate of drug-likeness (QED) is 0.175. The van der Waals surface area contributed by atoms with Gasteiger partial charge in [0.15, 0.2) is 0 Å². The highest BCUT2D eigenvalue weighted by molar-refractivity contribution is 6.08. The third kappa shape index (κ3) is 6.39.